The molecule has 0 saturated carbocycles. The second-order valence-electron chi connectivity index (χ2n) is 8.62. The van der Waals surface area contributed by atoms with Gasteiger partial charge in [-0.3, -0.25) is 4.99 Å². The van der Waals surface area contributed by atoms with Gasteiger partial charge < -0.3 is 25.0 Å². The molecule has 7 nitrogen and oxygen atoms in total. The smallest absolute Gasteiger partial charge is 0.410 e. The van der Waals surface area contributed by atoms with E-state index < -0.39 is 5.60 Å². The summed E-state index contributed by atoms with van der Waals surface area (Å²) in [7, 11) is 1.70. The standard InChI is InChI=1S/C23H38N4O3.HI/c1-6-24-21(25-14-11-19-9-7-8-10-20(19)29-5)26-17-18-12-15-27(16-13-18)22(28)30-23(2,3)4;/h7-10,18H,6,11-17H2,1-5H3,(H2,24,25,26);1H. The second kappa shape index (κ2) is 13.6. The van der Waals surface area contributed by atoms with Crippen molar-refractivity contribution >= 4 is 36.0 Å². The van der Waals surface area contributed by atoms with Crippen molar-refractivity contribution in [1.29, 1.82) is 0 Å². The van der Waals surface area contributed by atoms with E-state index in [2.05, 4.69) is 23.6 Å². The summed E-state index contributed by atoms with van der Waals surface area (Å²) in [6.07, 6.45) is 2.55. The number of ether oxygens (including phenoxy) is 2. The number of rotatable bonds is 7. The lowest BCUT2D eigenvalue weighted by Crippen LogP contribution is -2.42. The third-order valence-electron chi connectivity index (χ3n) is 5.00. The molecule has 0 unspecified atom stereocenters. The predicted octanol–water partition coefficient (Wildman–Crippen LogP) is 4.06. The van der Waals surface area contributed by atoms with Gasteiger partial charge in [0.05, 0.1) is 7.11 Å². The van der Waals surface area contributed by atoms with Crippen molar-refractivity contribution in [3.63, 3.8) is 0 Å². The van der Waals surface area contributed by atoms with E-state index in [9.17, 15) is 4.79 Å². The van der Waals surface area contributed by atoms with E-state index in [0.29, 0.717) is 5.92 Å². The van der Waals surface area contributed by atoms with Crippen LogP contribution in [0.3, 0.4) is 0 Å². The molecule has 2 N–H and O–H groups in total. The van der Waals surface area contributed by atoms with Gasteiger partial charge in [-0.05, 0) is 64.5 Å². The average molecular weight is 546 g/mol. The fourth-order valence-corrected chi connectivity index (χ4v) is 3.41. The van der Waals surface area contributed by atoms with E-state index in [4.69, 9.17) is 14.5 Å². The molecule has 2 rings (SSSR count). The number of hydrogen-bond acceptors (Lipinski definition) is 4. The number of nitrogens with one attached hydrogen (secondary N) is 2. The molecule has 0 bridgehead atoms. The molecule has 1 aliphatic heterocycles. The number of aliphatic imine (C=N–C) groups is 1. The average Bonchev–Trinajstić information content (AvgIpc) is 2.71. The summed E-state index contributed by atoms with van der Waals surface area (Å²) in [6, 6.07) is 8.08. The minimum Gasteiger partial charge on any atom is -0.496 e. The summed E-state index contributed by atoms with van der Waals surface area (Å²) in [5.74, 6) is 2.23. The van der Waals surface area contributed by atoms with Crippen molar-refractivity contribution in [1.82, 2.24) is 15.5 Å². The Hall–Kier alpha value is -1.71. The third kappa shape index (κ3) is 9.97. The van der Waals surface area contributed by atoms with E-state index in [0.717, 1.165) is 63.7 Å². The number of guanidine groups is 1. The van der Waals surface area contributed by atoms with Gasteiger partial charge >= 0.3 is 6.09 Å². The van der Waals surface area contributed by atoms with Crippen LogP contribution in [-0.4, -0.2) is 62.4 Å². The number of likely N-dealkylation sites (tertiary alicyclic amines) is 1. The molecule has 1 aromatic carbocycles. The lowest BCUT2D eigenvalue weighted by molar-refractivity contribution is 0.0187. The minimum atomic E-state index is -0.450. The molecule has 8 heteroatoms. The maximum absolute atomic E-state index is 12.2. The zero-order valence-electron chi connectivity index (χ0n) is 19.6. The Bertz CT molecular complexity index is 698. The Kier molecular flexibility index (Phi) is 12.0. The van der Waals surface area contributed by atoms with Crippen molar-refractivity contribution in [2.45, 2.75) is 52.6 Å². The Balaban J connectivity index is 0.00000480. The first-order valence-electron chi connectivity index (χ1n) is 10.9. The zero-order chi connectivity index (χ0) is 22.0. The van der Waals surface area contributed by atoms with Gasteiger partial charge in [0, 0.05) is 32.7 Å². The molecule has 0 atom stereocenters. The predicted molar refractivity (Wildman–Crippen MR) is 137 cm³/mol. The van der Waals surface area contributed by atoms with Crippen molar-refractivity contribution in [2.24, 2.45) is 10.9 Å². The van der Waals surface area contributed by atoms with Crippen LogP contribution in [0.15, 0.2) is 29.3 Å². The van der Waals surface area contributed by atoms with Crippen molar-refractivity contribution in [2.75, 3.05) is 39.8 Å². The number of para-hydroxylation sites is 1. The van der Waals surface area contributed by atoms with E-state index in [-0.39, 0.29) is 30.1 Å². The second-order valence-corrected chi connectivity index (χ2v) is 8.62. The van der Waals surface area contributed by atoms with Crippen LogP contribution in [0.25, 0.3) is 0 Å². The van der Waals surface area contributed by atoms with Crippen LogP contribution in [0.4, 0.5) is 4.79 Å². The molecule has 0 aliphatic carbocycles. The maximum Gasteiger partial charge on any atom is 0.410 e. The van der Waals surface area contributed by atoms with E-state index in [1.807, 2.05) is 43.9 Å². The molecule has 31 heavy (non-hydrogen) atoms. The van der Waals surface area contributed by atoms with Crippen LogP contribution < -0.4 is 15.4 Å². The summed E-state index contributed by atoms with van der Waals surface area (Å²) in [4.78, 5) is 18.8. The summed E-state index contributed by atoms with van der Waals surface area (Å²) in [5.41, 5.74) is 0.729. The number of carbonyl (C=O) groups is 1. The lowest BCUT2D eigenvalue weighted by atomic mass is 9.97. The number of benzene rings is 1. The van der Waals surface area contributed by atoms with Gasteiger partial charge in [-0.1, -0.05) is 18.2 Å². The van der Waals surface area contributed by atoms with Crippen LogP contribution in [0, 0.1) is 5.92 Å². The lowest BCUT2D eigenvalue weighted by Gasteiger charge is -2.33. The first-order valence-corrected chi connectivity index (χ1v) is 10.9. The van der Waals surface area contributed by atoms with Crippen molar-refractivity contribution in [3.8, 4) is 5.75 Å². The molecule has 1 aliphatic rings. The molecule has 1 aromatic rings. The number of halogens is 1. The summed E-state index contributed by atoms with van der Waals surface area (Å²) in [5, 5.41) is 6.72. The summed E-state index contributed by atoms with van der Waals surface area (Å²) in [6.45, 7) is 11.6. The monoisotopic (exact) mass is 546 g/mol. The van der Waals surface area contributed by atoms with Gasteiger partial charge in [0.25, 0.3) is 0 Å². The molecule has 0 radical (unpaired) electrons. The highest BCUT2D eigenvalue weighted by Crippen LogP contribution is 2.20. The Labute approximate surface area is 204 Å². The van der Waals surface area contributed by atoms with Crippen LogP contribution >= 0.6 is 24.0 Å². The highest BCUT2D eigenvalue weighted by molar-refractivity contribution is 14.0. The first kappa shape index (κ1) is 27.3. The normalized spacial score (nSPS) is 15.1. The fraction of sp³-hybridized carbons (Fsp3) is 0.652. The number of carbonyl (C=O) groups excluding carboxylic acids is 1. The third-order valence-corrected chi connectivity index (χ3v) is 5.00. The van der Waals surface area contributed by atoms with Gasteiger partial charge in [-0.25, -0.2) is 4.79 Å². The Morgan fingerprint density at radius 1 is 1.19 bits per heavy atom. The summed E-state index contributed by atoms with van der Waals surface area (Å²) >= 11 is 0. The SMILES string of the molecule is CCNC(=NCC1CCN(C(=O)OC(C)(C)C)CC1)NCCc1ccccc1OC.I. The van der Waals surface area contributed by atoms with E-state index in [1.165, 1.54) is 5.56 Å². The van der Waals surface area contributed by atoms with Crippen molar-refractivity contribution in [3.05, 3.63) is 29.8 Å². The van der Waals surface area contributed by atoms with Crippen LogP contribution in [0.2, 0.25) is 0 Å². The first-order chi connectivity index (χ1) is 14.3. The van der Waals surface area contributed by atoms with E-state index in [1.54, 1.807) is 7.11 Å². The topological polar surface area (TPSA) is 75.2 Å². The number of nitrogens with zero attached hydrogens (tertiary/aromatic N) is 2. The number of hydrogen-bond donors (Lipinski definition) is 2. The minimum absolute atomic E-state index is 0. The Morgan fingerprint density at radius 3 is 2.48 bits per heavy atom. The van der Waals surface area contributed by atoms with Gasteiger partial charge in [-0.15, -0.1) is 24.0 Å². The van der Waals surface area contributed by atoms with Crippen molar-refractivity contribution < 1.29 is 14.3 Å². The molecular weight excluding hydrogens is 507 g/mol. The molecule has 1 heterocycles. The van der Waals surface area contributed by atoms with Gasteiger partial charge in [0.2, 0.25) is 0 Å². The van der Waals surface area contributed by atoms with E-state index >= 15 is 0 Å². The van der Waals surface area contributed by atoms with Gasteiger partial charge in [-0.2, -0.15) is 0 Å². The molecule has 176 valence electrons. The molecule has 0 spiro atoms. The van der Waals surface area contributed by atoms with Gasteiger partial charge in [0.1, 0.15) is 11.4 Å². The summed E-state index contributed by atoms with van der Waals surface area (Å²) < 4.78 is 10.9. The molecule has 1 saturated heterocycles. The zero-order valence-corrected chi connectivity index (χ0v) is 21.9. The quantitative estimate of drug-likeness (QED) is 0.307. The molecule has 0 aromatic heterocycles. The number of methoxy groups -OCH3 is 1. The van der Waals surface area contributed by atoms with Crippen LogP contribution in [-0.2, 0) is 11.2 Å². The number of amides is 1. The highest BCUT2D eigenvalue weighted by Gasteiger charge is 2.26. The number of piperidine rings is 1. The maximum atomic E-state index is 12.2. The molecule has 1 fully saturated rings. The molecule has 1 amide bonds. The molecular formula is C23H39IN4O3. The van der Waals surface area contributed by atoms with Crippen LogP contribution in [0.1, 0.15) is 46.1 Å². The fourth-order valence-electron chi connectivity index (χ4n) is 3.41. The van der Waals surface area contributed by atoms with Gasteiger partial charge in [0.15, 0.2) is 5.96 Å². The largest absolute Gasteiger partial charge is 0.496 e. The highest BCUT2D eigenvalue weighted by atomic mass is 127. The van der Waals surface area contributed by atoms with Crippen LogP contribution in [0.5, 0.6) is 5.75 Å². The Morgan fingerprint density at radius 2 is 1.87 bits per heavy atom.